The van der Waals surface area contributed by atoms with Crippen molar-refractivity contribution < 1.29 is 9.90 Å². The lowest BCUT2D eigenvalue weighted by molar-refractivity contribution is -0.136. The molecule has 0 radical (unpaired) electrons. The topological polar surface area (TPSA) is 75.1 Å². The molecule has 0 unspecified atom stereocenters. The van der Waals surface area contributed by atoms with Crippen LogP contribution in [0.2, 0.25) is 0 Å². The van der Waals surface area contributed by atoms with Gasteiger partial charge in [-0.1, -0.05) is 30.3 Å². The molecule has 5 heteroatoms. The van der Waals surface area contributed by atoms with E-state index < -0.39 is 5.97 Å². The number of hydrogen-bond acceptors (Lipinski definition) is 4. The molecule has 92 valence electrons. The van der Waals surface area contributed by atoms with Gasteiger partial charge in [0.25, 0.3) is 0 Å². The molecule has 5 nitrogen and oxygen atoms in total. The van der Waals surface area contributed by atoms with E-state index in [4.69, 9.17) is 5.11 Å². The van der Waals surface area contributed by atoms with Gasteiger partial charge in [0, 0.05) is 12.6 Å². The maximum absolute atomic E-state index is 10.6. The van der Waals surface area contributed by atoms with Crippen LogP contribution in [0.5, 0.6) is 0 Å². The van der Waals surface area contributed by atoms with Crippen molar-refractivity contribution in [3.63, 3.8) is 0 Å². The first-order valence-electron chi connectivity index (χ1n) is 5.54. The maximum atomic E-state index is 10.6. The van der Waals surface area contributed by atoms with Gasteiger partial charge in [0.2, 0.25) is 0 Å². The number of aliphatic carboxylic acids is 1. The first-order valence-corrected chi connectivity index (χ1v) is 5.54. The van der Waals surface area contributed by atoms with E-state index in [1.54, 1.807) is 6.07 Å². The van der Waals surface area contributed by atoms with Crippen LogP contribution >= 0.6 is 0 Å². The zero-order valence-electron chi connectivity index (χ0n) is 9.71. The standard InChI is InChI=1S/C13H13N3O2/c17-13(18)7-11-6-12(16-9-15-11)14-8-10-4-2-1-3-5-10/h1-6,9H,7-8H2,(H,17,18)(H,14,15,16). The van der Waals surface area contributed by atoms with Crippen LogP contribution in [0.15, 0.2) is 42.7 Å². The van der Waals surface area contributed by atoms with Gasteiger partial charge in [-0.15, -0.1) is 0 Å². The van der Waals surface area contributed by atoms with Crippen molar-refractivity contribution in [2.75, 3.05) is 5.32 Å². The Hall–Kier alpha value is -2.43. The average Bonchev–Trinajstić information content (AvgIpc) is 2.37. The SMILES string of the molecule is O=C(O)Cc1cc(NCc2ccccc2)ncn1. The number of hydrogen-bond donors (Lipinski definition) is 2. The summed E-state index contributed by atoms with van der Waals surface area (Å²) in [5.74, 6) is -0.271. The van der Waals surface area contributed by atoms with Gasteiger partial charge in [-0.3, -0.25) is 4.79 Å². The van der Waals surface area contributed by atoms with E-state index in [9.17, 15) is 4.79 Å². The Kier molecular flexibility index (Phi) is 3.86. The number of carboxylic acids is 1. The first kappa shape index (κ1) is 12.0. The fourth-order valence-corrected chi connectivity index (χ4v) is 1.53. The van der Waals surface area contributed by atoms with Crippen LogP contribution in [0, 0.1) is 0 Å². The van der Waals surface area contributed by atoms with E-state index in [0.717, 1.165) is 5.56 Å². The molecule has 0 aliphatic rings. The quantitative estimate of drug-likeness (QED) is 0.836. The molecule has 0 fully saturated rings. The van der Waals surface area contributed by atoms with E-state index in [-0.39, 0.29) is 6.42 Å². The lowest BCUT2D eigenvalue weighted by Crippen LogP contribution is -2.06. The normalized spacial score (nSPS) is 10.0. The predicted molar refractivity (Wildman–Crippen MR) is 67.1 cm³/mol. The second-order valence-electron chi connectivity index (χ2n) is 3.80. The monoisotopic (exact) mass is 243 g/mol. The van der Waals surface area contributed by atoms with Crippen LogP contribution in [0.4, 0.5) is 5.82 Å². The summed E-state index contributed by atoms with van der Waals surface area (Å²) in [6.07, 6.45) is 1.27. The first-order chi connectivity index (χ1) is 8.74. The van der Waals surface area contributed by atoms with E-state index in [2.05, 4.69) is 15.3 Å². The Balaban J connectivity index is 1.99. The Morgan fingerprint density at radius 1 is 1.22 bits per heavy atom. The summed E-state index contributed by atoms with van der Waals surface area (Å²) in [6, 6.07) is 11.6. The number of nitrogens with zero attached hydrogens (tertiary/aromatic N) is 2. The number of carbonyl (C=O) groups is 1. The largest absolute Gasteiger partial charge is 0.481 e. The van der Waals surface area contributed by atoms with Gasteiger partial charge in [-0.25, -0.2) is 9.97 Å². The van der Waals surface area contributed by atoms with Gasteiger partial charge in [0.15, 0.2) is 0 Å². The molecule has 0 saturated carbocycles. The molecule has 2 rings (SSSR count). The number of rotatable bonds is 5. The number of benzene rings is 1. The molecule has 0 aliphatic carbocycles. The van der Waals surface area contributed by atoms with Crippen molar-refractivity contribution in [2.45, 2.75) is 13.0 Å². The van der Waals surface area contributed by atoms with Crippen molar-refractivity contribution in [3.8, 4) is 0 Å². The molecule has 0 saturated heterocycles. The third-order valence-electron chi connectivity index (χ3n) is 2.37. The summed E-state index contributed by atoms with van der Waals surface area (Å²) in [5, 5.41) is 11.8. The summed E-state index contributed by atoms with van der Waals surface area (Å²) in [7, 11) is 0. The lowest BCUT2D eigenvalue weighted by Gasteiger charge is -2.06. The number of aromatic nitrogens is 2. The number of anilines is 1. The third kappa shape index (κ3) is 3.55. The second-order valence-corrected chi connectivity index (χ2v) is 3.80. The van der Waals surface area contributed by atoms with Crippen LogP contribution in [0.3, 0.4) is 0 Å². The van der Waals surface area contributed by atoms with Gasteiger partial charge >= 0.3 is 5.97 Å². The van der Waals surface area contributed by atoms with Crippen molar-refractivity contribution >= 4 is 11.8 Å². The fraction of sp³-hybridized carbons (Fsp3) is 0.154. The molecule has 1 aromatic carbocycles. The molecule has 0 aliphatic heterocycles. The lowest BCUT2D eigenvalue weighted by atomic mass is 10.2. The highest BCUT2D eigenvalue weighted by molar-refractivity contribution is 5.69. The molecule has 1 heterocycles. The summed E-state index contributed by atoms with van der Waals surface area (Å²) in [6.45, 7) is 0.643. The van der Waals surface area contributed by atoms with Crippen LogP contribution in [0.1, 0.15) is 11.3 Å². The smallest absolute Gasteiger partial charge is 0.309 e. The molecule has 1 aromatic heterocycles. The summed E-state index contributed by atoms with van der Waals surface area (Å²) >= 11 is 0. The van der Waals surface area contributed by atoms with Crippen LogP contribution in [-0.2, 0) is 17.8 Å². The molecule has 2 aromatic rings. The molecule has 0 bridgehead atoms. The van der Waals surface area contributed by atoms with Gasteiger partial charge in [-0.05, 0) is 5.56 Å². The van der Waals surface area contributed by atoms with Gasteiger partial charge < -0.3 is 10.4 Å². The van der Waals surface area contributed by atoms with Gasteiger partial charge in [0.1, 0.15) is 12.1 Å². The predicted octanol–water partition coefficient (Wildman–Crippen LogP) is 1.72. The highest BCUT2D eigenvalue weighted by atomic mass is 16.4. The molecule has 2 N–H and O–H groups in total. The van der Waals surface area contributed by atoms with E-state index >= 15 is 0 Å². The second kappa shape index (κ2) is 5.77. The Morgan fingerprint density at radius 2 is 2.00 bits per heavy atom. The molecular weight excluding hydrogens is 230 g/mol. The minimum absolute atomic E-state index is 0.0947. The Bertz CT molecular complexity index is 529. The summed E-state index contributed by atoms with van der Waals surface area (Å²) in [4.78, 5) is 18.5. The fourth-order valence-electron chi connectivity index (χ4n) is 1.53. The molecule has 18 heavy (non-hydrogen) atoms. The van der Waals surface area contributed by atoms with Crippen molar-refractivity contribution in [1.82, 2.24) is 9.97 Å². The van der Waals surface area contributed by atoms with E-state index in [0.29, 0.717) is 18.1 Å². The molecule has 0 spiro atoms. The molecule has 0 atom stereocenters. The minimum Gasteiger partial charge on any atom is -0.481 e. The highest BCUT2D eigenvalue weighted by Gasteiger charge is 2.03. The Labute approximate surface area is 105 Å². The van der Waals surface area contributed by atoms with Crippen LogP contribution in [0.25, 0.3) is 0 Å². The van der Waals surface area contributed by atoms with Crippen molar-refractivity contribution in [1.29, 1.82) is 0 Å². The van der Waals surface area contributed by atoms with Crippen molar-refractivity contribution in [2.24, 2.45) is 0 Å². The summed E-state index contributed by atoms with van der Waals surface area (Å²) < 4.78 is 0. The van der Waals surface area contributed by atoms with Crippen LogP contribution < -0.4 is 5.32 Å². The number of carboxylic acid groups (broad SMARTS) is 1. The summed E-state index contributed by atoms with van der Waals surface area (Å²) in [5.41, 5.74) is 1.63. The maximum Gasteiger partial charge on any atom is 0.309 e. The van der Waals surface area contributed by atoms with Crippen molar-refractivity contribution in [3.05, 3.63) is 54.0 Å². The zero-order valence-corrected chi connectivity index (χ0v) is 9.71. The third-order valence-corrected chi connectivity index (χ3v) is 2.37. The van der Waals surface area contributed by atoms with E-state index in [1.165, 1.54) is 6.33 Å². The van der Waals surface area contributed by atoms with E-state index in [1.807, 2.05) is 30.3 Å². The average molecular weight is 243 g/mol. The highest BCUT2D eigenvalue weighted by Crippen LogP contribution is 2.07. The number of nitrogens with one attached hydrogen (secondary N) is 1. The molecule has 0 amide bonds. The zero-order chi connectivity index (χ0) is 12.8. The Morgan fingerprint density at radius 3 is 2.72 bits per heavy atom. The molecular formula is C13H13N3O2. The van der Waals surface area contributed by atoms with Crippen LogP contribution in [-0.4, -0.2) is 21.0 Å². The van der Waals surface area contributed by atoms with Gasteiger partial charge in [0.05, 0.1) is 12.1 Å². The van der Waals surface area contributed by atoms with Gasteiger partial charge in [-0.2, -0.15) is 0 Å². The minimum atomic E-state index is -0.900.